The molecule has 1 amide bonds. The summed E-state index contributed by atoms with van der Waals surface area (Å²) < 4.78 is 6.07. The smallest absolute Gasteiger partial charge is 0.222 e. The Labute approximate surface area is 161 Å². The first-order valence-electron chi connectivity index (χ1n) is 9.59. The van der Waals surface area contributed by atoms with Crippen molar-refractivity contribution >= 4 is 17.7 Å². The first-order chi connectivity index (χ1) is 12.6. The van der Waals surface area contributed by atoms with Gasteiger partial charge in [-0.25, -0.2) is 0 Å². The molecular weight excluding hydrogens is 344 g/mol. The summed E-state index contributed by atoms with van der Waals surface area (Å²) in [5.41, 5.74) is 0. The van der Waals surface area contributed by atoms with Crippen LogP contribution >= 0.6 is 11.8 Å². The van der Waals surface area contributed by atoms with Crippen molar-refractivity contribution < 1.29 is 9.53 Å². The molecule has 2 atom stereocenters. The first-order valence-corrected chi connectivity index (χ1v) is 10.6. The zero-order valence-electron chi connectivity index (χ0n) is 15.9. The number of carbonyl (C=O) groups is 1. The molecule has 1 saturated heterocycles. The molecule has 1 fully saturated rings. The summed E-state index contributed by atoms with van der Waals surface area (Å²) in [5, 5.41) is 0. The molecule has 2 aliphatic rings. The van der Waals surface area contributed by atoms with E-state index in [1.807, 2.05) is 22.7 Å². The van der Waals surface area contributed by atoms with Crippen LogP contribution in [0.3, 0.4) is 0 Å². The average molecular weight is 375 g/mol. The number of likely N-dealkylation sites (tertiary alicyclic amines) is 1. The second-order valence-electron chi connectivity index (χ2n) is 7.44. The minimum atomic E-state index is 0.163. The summed E-state index contributed by atoms with van der Waals surface area (Å²) >= 11 is 1.87. The van der Waals surface area contributed by atoms with Crippen molar-refractivity contribution in [3.8, 4) is 0 Å². The van der Waals surface area contributed by atoms with Crippen molar-refractivity contribution in [1.82, 2.24) is 9.80 Å². The Bertz CT molecular complexity index is 618. The largest absolute Gasteiger partial charge is 0.491 e. The summed E-state index contributed by atoms with van der Waals surface area (Å²) in [7, 11) is 4.11. The van der Waals surface area contributed by atoms with E-state index in [0.29, 0.717) is 12.3 Å². The van der Waals surface area contributed by atoms with Crippen LogP contribution in [0.1, 0.15) is 25.7 Å². The van der Waals surface area contributed by atoms with Gasteiger partial charge in [0.1, 0.15) is 11.9 Å². The molecule has 5 heteroatoms. The lowest BCUT2D eigenvalue weighted by Crippen LogP contribution is -2.45. The molecule has 3 rings (SSSR count). The number of likely N-dealkylation sites (N-methyl/N-ethyl adjacent to an activating group) is 1. The molecule has 0 N–H and O–H groups in total. The van der Waals surface area contributed by atoms with Gasteiger partial charge in [-0.05, 0) is 57.3 Å². The Kier molecular flexibility index (Phi) is 7.03. The van der Waals surface area contributed by atoms with E-state index >= 15 is 0 Å². The third kappa shape index (κ3) is 5.52. The fourth-order valence-electron chi connectivity index (χ4n) is 3.59. The van der Waals surface area contributed by atoms with Gasteiger partial charge in [-0.3, -0.25) is 4.79 Å². The molecule has 0 aromatic heterocycles. The van der Waals surface area contributed by atoms with Crippen LogP contribution in [-0.4, -0.2) is 61.3 Å². The van der Waals surface area contributed by atoms with E-state index in [1.165, 1.54) is 4.90 Å². The second kappa shape index (κ2) is 9.47. The van der Waals surface area contributed by atoms with Gasteiger partial charge in [-0.1, -0.05) is 18.2 Å². The second-order valence-corrected chi connectivity index (χ2v) is 8.61. The molecule has 0 spiro atoms. The molecule has 0 saturated carbocycles. The zero-order valence-corrected chi connectivity index (χ0v) is 16.7. The SMILES string of the molecule is CN(C)CC1=CC2CCN(C(=O)CCCCSc3ccccc3)CC2O1. The Morgan fingerprint density at radius 2 is 2.08 bits per heavy atom. The Morgan fingerprint density at radius 3 is 2.85 bits per heavy atom. The number of hydrogen-bond acceptors (Lipinski definition) is 4. The molecule has 2 aliphatic heterocycles. The molecule has 0 aliphatic carbocycles. The highest BCUT2D eigenvalue weighted by Crippen LogP contribution is 2.31. The van der Waals surface area contributed by atoms with Crippen molar-refractivity contribution in [3.63, 3.8) is 0 Å². The molecule has 0 radical (unpaired) electrons. The molecule has 2 heterocycles. The molecule has 4 nitrogen and oxygen atoms in total. The number of fused-ring (bicyclic) bond motifs is 1. The van der Waals surface area contributed by atoms with Crippen LogP contribution in [0.2, 0.25) is 0 Å². The highest BCUT2D eigenvalue weighted by atomic mass is 32.2. The number of rotatable bonds is 8. The van der Waals surface area contributed by atoms with E-state index in [1.54, 1.807) is 0 Å². The van der Waals surface area contributed by atoms with Gasteiger partial charge in [0.2, 0.25) is 5.91 Å². The maximum atomic E-state index is 12.5. The quantitative estimate of drug-likeness (QED) is 0.514. The molecule has 1 aromatic rings. The van der Waals surface area contributed by atoms with Crippen LogP contribution in [0, 0.1) is 5.92 Å². The summed E-state index contributed by atoms with van der Waals surface area (Å²) in [4.78, 5) is 18.0. The van der Waals surface area contributed by atoms with Crippen molar-refractivity contribution in [2.45, 2.75) is 36.7 Å². The minimum Gasteiger partial charge on any atom is -0.491 e. The third-order valence-corrected chi connectivity index (χ3v) is 6.03. The van der Waals surface area contributed by atoms with E-state index in [2.05, 4.69) is 49.3 Å². The number of ether oxygens (including phenoxy) is 1. The summed E-state index contributed by atoms with van der Waals surface area (Å²) in [6.07, 6.45) is 6.16. The number of carbonyl (C=O) groups excluding carboxylic acids is 1. The summed E-state index contributed by atoms with van der Waals surface area (Å²) in [6.45, 7) is 2.46. The highest BCUT2D eigenvalue weighted by molar-refractivity contribution is 7.99. The lowest BCUT2D eigenvalue weighted by atomic mass is 9.94. The molecule has 2 unspecified atom stereocenters. The fraction of sp³-hybridized carbons (Fsp3) is 0.571. The number of piperidine rings is 1. The van der Waals surface area contributed by atoms with Gasteiger partial charge >= 0.3 is 0 Å². The Morgan fingerprint density at radius 1 is 1.27 bits per heavy atom. The number of nitrogens with zero attached hydrogens (tertiary/aromatic N) is 2. The van der Waals surface area contributed by atoms with E-state index in [-0.39, 0.29) is 12.0 Å². The molecule has 0 bridgehead atoms. The standard InChI is InChI=1S/C21H30N2O2S/c1-22(2)15-18-14-17-11-12-23(16-20(17)25-18)21(24)10-6-7-13-26-19-8-4-3-5-9-19/h3-5,8-9,14,17,20H,6-7,10-13,15-16H2,1-2H3. The van der Waals surface area contributed by atoms with Crippen molar-refractivity contribution in [3.05, 3.63) is 42.2 Å². The van der Waals surface area contributed by atoms with Gasteiger partial charge in [-0.2, -0.15) is 0 Å². The highest BCUT2D eigenvalue weighted by Gasteiger charge is 2.36. The number of hydrogen-bond donors (Lipinski definition) is 0. The van der Waals surface area contributed by atoms with Crippen LogP contribution in [0.4, 0.5) is 0 Å². The van der Waals surface area contributed by atoms with Crippen molar-refractivity contribution in [2.75, 3.05) is 39.5 Å². The minimum absolute atomic E-state index is 0.163. The van der Waals surface area contributed by atoms with E-state index in [0.717, 1.165) is 50.4 Å². The van der Waals surface area contributed by atoms with Gasteiger partial charge in [0.15, 0.2) is 0 Å². The number of amides is 1. The third-order valence-electron chi connectivity index (χ3n) is 4.93. The topological polar surface area (TPSA) is 32.8 Å². The Balaban J connectivity index is 1.33. The maximum Gasteiger partial charge on any atom is 0.222 e. The van der Waals surface area contributed by atoms with Gasteiger partial charge in [-0.15, -0.1) is 11.8 Å². The summed E-state index contributed by atoms with van der Waals surface area (Å²) in [6, 6.07) is 10.5. The molecular formula is C21H30N2O2S. The average Bonchev–Trinajstić information content (AvgIpc) is 3.02. The predicted octanol–water partition coefficient (Wildman–Crippen LogP) is 3.64. The predicted molar refractivity (Wildman–Crippen MR) is 107 cm³/mol. The normalized spacial score (nSPS) is 22.1. The maximum absolute atomic E-state index is 12.5. The van der Waals surface area contributed by atoms with Crippen LogP contribution in [0.15, 0.2) is 47.1 Å². The van der Waals surface area contributed by atoms with Crippen LogP contribution in [0.25, 0.3) is 0 Å². The van der Waals surface area contributed by atoms with Crippen molar-refractivity contribution in [2.24, 2.45) is 5.92 Å². The van der Waals surface area contributed by atoms with E-state index in [4.69, 9.17) is 4.74 Å². The van der Waals surface area contributed by atoms with Crippen molar-refractivity contribution in [1.29, 1.82) is 0 Å². The fourth-order valence-corrected chi connectivity index (χ4v) is 4.53. The lowest BCUT2D eigenvalue weighted by molar-refractivity contribution is -0.135. The monoisotopic (exact) mass is 374 g/mol. The van der Waals surface area contributed by atoms with Gasteiger partial charge in [0.05, 0.1) is 13.1 Å². The Hall–Kier alpha value is -1.46. The van der Waals surface area contributed by atoms with Crippen LogP contribution < -0.4 is 0 Å². The first kappa shape index (κ1) is 19.3. The number of thioether (sulfide) groups is 1. The molecule has 26 heavy (non-hydrogen) atoms. The van der Waals surface area contributed by atoms with Gasteiger partial charge in [0.25, 0.3) is 0 Å². The van der Waals surface area contributed by atoms with Gasteiger partial charge in [0, 0.05) is 23.8 Å². The van der Waals surface area contributed by atoms with E-state index < -0.39 is 0 Å². The van der Waals surface area contributed by atoms with E-state index in [9.17, 15) is 4.79 Å². The lowest BCUT2D eigenvalue weighted by Gasteiger charge is -2.34. The number of unbranched alkanes of at least 4 members (excludes halogenated alkanes) is 1. The molecule has 1 aromatic carbocycles. The van der Waals surface area contributed by atoms with Crippen LogP contribution in [0.5, 0.6) is 0 Å². The molecule has 142 valence electrons. The summed E-state index contributed by atoms with van der Waals surface area (Å²) in [5.74, 6) is 2.91. The number of benzene rings is 1. The van der Waals surface area contributed by atoms with Crippen LogP contribution in [-0.2, 0) is 9.53 Å². The van der Waals surface area contributed by atoms with Gasteiger partial charge < -0.3 is 14.5 Å². The zero-order chi connectivity index (χ0) is 18.4.